The first-order valence-electron chi connectivity index (χ1n) is 17.8. The fourth-order valence-corrected chi connectivity index (χ4v) is 6.06. The molecule has 1 saturated carbocycles. The number of nitrogens with one attached hydrogen (secondary N) is 3. The number of methoxy groups -OCH3 is 3. The number of aromatic amines is 1. The molecule has 1 aliphatic carbocycles. The van der Waals surface area contributed by atoms with Crippen LogP contribution in [0.1, 0.15) is 89.0 Å². The average Bonchev–Trinajstić information content (AvgIpc) is 3.88. The highest BCUT2D eigenvalue weighted by Crippen LogP contribution is 2.30. The van der Waals surface area contributed by atoms with Gasteiger partial charge >= 0.3 is 18.0 Å². The lowest BCUT2D eigenvalue weighted by atomic mass is 10.1. The number of pyridine rings is 1. The van der Waals surface area contributed by atoms with Gasteiger partial charge in [0, 0.05) is 18.0 Å². The van der Waals surface area contributed by atoms with Crippen molar-refractivity contribution < 1.29 is 42.9 Å². The lowest BCUT2D eigenvalue weighted by Crippen LogP contribution is -2.53. The third-order valence-electron chi connectivity index (χ3n) is 8.53. The van der Waals surface area contributed by atoms with Crippen molar-refractivity contribution in [2.24, 2.45) is 0 Å². The highest BCUT2D eigenvalue weighted by molar-refractivity contribution is 9.10. The Hall–Kier alpha value is -4.66. The van der Waals surface area contributed by atoms with E-state index in [1.54, 1.807) is 18.2 Å². The minimum Gasteiger partial charge on any atom is -0.495 e. The molecule has 1 aromatic heterocycles. The number of likely N-dealkylation sites (tertiary alicyclic amines) is 1. The maximum Gasteiger partial charge on any atom is 0.407 e. The summed E-state index contributed by atoms with van der Waals surface area (Å²) in [6.45, 7) is 10.3. The van der Waals surface area contributed by atoms with Gasteiger partial charge in [-0.1, -0.05) is 52.3 Å². The van der Waals surface area contributed by atoms with Crippen LogP contribution < -0.4 is 20.8 Å². The van der Waals surface area contributed by atoms with Crippen LogP contribution >= 0.6 is 15.9 Å². The Kier molecular flexibility index (Phi) is 19.4. The molecule has 2 heterocycles. The van der Waals surface area contributed by atoms with Gasteiger partial charge in [0.2, 0.25) is 11.8 Å². The van der Waals surface area contributed by atoms with Crippen molar-refractivity contribution in [1.29, 1.82) is 0 Å². The molecule has 14 nitrogen and oxygen atoms in total. The van der Waals surface area contributed by atoms with Crippen LogP contribution in [-0.2, 0) is 28.6 Å². The smallest absolute Gasteiger partial charge is 0.407 e. The minimum absolute atomic E-state index is 0.0921. The molecule has 2 aliphatic rings. The van der Waals surface area contributed by atoms with Crippen molar-refractivity contribution in [3.8, 4) is 5.75 Å². The second-order valence-corrected chi connectivity index (χ2v) is 13.1. The van der Waals surface area contributed by atoms with Gasteiger partial charge in [-0.2, -0.15) is 0 Å². The topological polar surface area (TPSA) is 182 Å². The zero-order valence-corrected chi connectivity index (χ0v) is 33.1. The van der Waals surface area contributed by atoms with Gasteiger partial charge in [0.1, 0.15) is 30.1 Å². The zero-order chi connectivity index (χ0) is 39.5. The van der Waals surface area contributed by atoms with Crippen molar-refractivity contribution in [1.82, 2.24) is 20.5 Å². The summed E-state index contributed by atoms with van der Waals surface area (Å²) in [7, 11) is 4.01. The van der Waals surface area contributed by atoms with Gasteiger partial charge in [0.15, 0.2) is 11.5 Å². The number of fused-ring (bicyclic) bond motifs is 1. The molecule has 3 N–H and O–H groups in total. The Morgan fingerprint density at radius 1 is 1.02 bits per heavy atom. The van der Waals surface area contributed by atoms with Crippen LogP contribution in [0.2, 0.25) is 0 Å². The number of carbonyl (C=O) groups is 5. The molecule has 3 amide bonds. The third kappa shape index (κ3) is 13.4. The van der Waals surface area contributed by atoms with Gasteiger partial charge in [-0.25, -0.2) is 14.4 Å². The quantitative estimate of drug-likeness (QED) is 0.136. The minimum atomic E-state index is -1.03. The van der Waals surface area contributed by atoms with E-state index in [0.29, 0.717) is 46.1 Å². The van der Waals surface area contributed by atoms with Crippen LogP contribution in [0.3, 0.4) is 0 Å². The molecule has 4 rings (SSSR count). The number of H-pyrrole nitrogens is 1. The number of benzene rings is 1. The van der Waals surface area contributed by atoms with Crippen LogP contribution in [0.4, 0.5) is 4.79 Å². The van der Waals surface area contributed by atoms with E-state index >= 15 is 0 Å². The molecule has 15 heteroatoms. The molecule has 2 unspecified atom stereocenters. The van der Waals surface area contributed by atoms with Crippen molar-refractivity contribution in [3.63, 3.8) is 0 Å². The standard InChI is InChI=1S/C22H33N3O6.C12H10BrNO4.C4H10/c1-4-5-9-15(2)19(21(28)30-3)24-20(27)17-12-8-13-25(17)18(26)14-23-22(29)31-16-10-6-7-11-16;1-17-9-4-3-6-8(15)5-7(12(16)18-2)14-11(6)10(9)13;1-3-4-2/h5,9,16-17,19H,2,4,6-8,10-14H2,1,3H3,(H,23,29)(H,24,27);3-5H,1-2H3,(H,14,15);3-4H2,1-2H3/b9-5-;;. The van der Waals surface area contributed by atoms with E-state index < -0.39 is 36.0 Å². The summed E-state index contributed by atoms with van der Waals surface area (Å²) in [5, 5.41) is 5.59. The average molecular weight is 806 g/mol. The Bertz CT molecular complexity index is 1670. The van der Waals surface area contributed by atoms with Gasteiger partial charge in [-0.3, -0.25) is 14.4 Å². The van der Waals surface area contributed by atoms with Crippen molar-refractivity contribution in [3.05, 3.63) is 62.9 Å². The van der Waals surface area contributed by atoms with Gasteiger partial charge < -0.3 is 39.5 Å². The molecule has 0 spiro atoms. The maximum absolute atomic E-state index is 12.8. The second kappa shape index (κ2) is 23.1. The summed E-state index contributed by atoms with van der Waals surface area (Å²) in [6, 6.07) is 2.78. The molecular formula is C38H53BrN4O10. The lowest BCUT2D eigenvalue weighted by molar-refractivity contribution is -0.145. The number of rotatable bonds is 12. The van der Waals surface area contributed by atoms with E-state index in [-0.39, 0.29) is 29.7 Å². The van der Waals surface area contributed by atoms with E-state index in [1.807, 2.05) is 13.0 Å². The van der Waals surface area contributed by atoms with Crippen LogP contribution in [-0.4, -0.2) is 92.3 Å². The van der Waals surface area contributed by atoms with Crippen LogP contribution in [0, 0.1) is 0 Å². The molecule has 2 atom stereocenters. The Labute approximate surface area is 319 Å². The largest absolute Gasteiger partial charge is 0.495 e. The number of hydrogen-bond donors (Lipinski definition) is 3. The van der Waals surface area contributed by atoms with Gasteiger partial charge in [-0.15, -0.1) is 0 Å². The number of carbonyl (C=O) groups excluding carboxylic acids is 5. The van der Waals surface area contributed by atoms with E-state index in [1.165, 1.54) is 45.1 Å². The first-order valence-corrected chi connectivity index (χ1v) is 18.6. The maximum atomic E-state index is 12.8. The van der Waals surface area contributed by atoms with Gasteiger partial charge in [0.25, 0.3) is 0 Å². The summed E-state index contributed by atoms with van der Waals surface area (Å²) in [5.41, 5.74) is 0.743. The molecule has 53 heavy (non-hydrogen) atoms. The highest BCUT2D eigenvalue weighted by atomic mass is 79.9. The van der Waals surface area contributed by atoms with E-state index in [4.69, 9.17) is 14.2 Å². The molecule has 0 radical (unpaired) electrons. The van der Waals surface area contributed by atoms with Crippen LogP contribution in [0.15, 0.2) is 51.8 Å². The van der Waals surface area contributed by atoms with E-state index in [9.17, 15) is 28.8 Å². The molecule has 1 aliphatic heterocycles. The molecule has 2 fully saturated rings. The number of unbranched alkanes of at least 4 members (excludes halogenated alkanes) is 1. The zero-order valence-electron chi connectivity index (χ0n) is 31.5. The third-order valence-corrected chi connectivity index (χ3v) is 9.32. The monoisotopic (exact) mass is 804 g/mol. The lowest BCUT2D eigenvalue weighted by Gasteiger charge is -2.26. The summed E-state index contributed by atoms with van der Waals surface area (Å²) < 4.78 is 20.4. The highest BCUT2D eigenvalue weighted by Gasteiger charge is 2.36. The molecule has 2 aromatic rings. The molecule has 1 aromatic carbocycles. The van der Waals surface area contributed by atoms with E-state index in [0.717, 1.165) is 32.1 Å². The molecule has 0 bridgehead atoms. The molecule has 292 valence electrons. The number of nitrogens with zero attached hydrogens (tertiary/aromatic N) is 1. The van der Waals surface area contributed by atoms with Crippen molar-refractivity contribution in [2.45, 2.75) is 96.7 Å². The van der Waals surface area contributed by atoms with Gasteiger partial charge in [-0.05, 0) is 78.6 Å². The predicted molar refractivity (Wildman–Crippen MR) is 205 cm³/mol. The predicted octanol–water partition coefficient (Wildman–Crippen LogP) is 5.72. The SMILES string of the molecule is C=C(/C=C\CC)C(NC(=O)C1CCCN1C(=O)CNC(=O)OC1CCCC1)C(=O)OC.CCCC.COC(=O)c1cc(=O)c2ccc(OC)c(Br)c2[nH]1. The summed E-state index contributed by atoms with van der Waals surface area (Å²) in [6.07, 6.45) is 11.0. The normalized spacial score (nSPS) is 15.7. The van der Waals surface area contributed by atoms with Crippen LogP contribution in [0.5, 0.6) is 5.75 Å². The van der Waals surface area contributed by atoms with Gasteiger partial charge in [0.05, 0.1) is 31.3 Å². The number of alkyl carbamates (subject to hydrolysis) is 1. The number of ether oxygens (including phenoxy) is 4. The molecular weight excluding hydrogens is 752 g/mol. The number of allylic oxidation sites excluding steroid dienone is 1. The number of esters is 2. The summed E-state index contributed by atoms with van der Waals surface area (Å²) in [5.74, 6) is -1.49. The van der Waals surface area contributed by atoms with Crippen molar-refractivity contribution in [2.75, 3.05) is 34.4 Å². The first kappa shape index (κ1) is 44.5. The molecule has 1 saturated heterocycles. The number of amides is 3. The summed E-state index contributed by atoms with van der Waals surface area (Å²) in [4.78, 5) is 77.1. The Balaban J connectivity index is 0.000000371. The Morgan fingerprint density at radius 2 is 1.70 bits per heavy atom. The van der Waals surface area contributed by atoms with Crippen molar-refractivity contribution >= 4 is 56.7 Å². The Morgan fingerprint density at radius 3 is 2.28 bits per heavy atom. The second-order valence-electron chi connectivity index (χ2n) is 12.3. The number of hydrogen-bond acceptors (Lipinski definition) is 10. The fraction of sp³-hybridized carbons (Fsp3) is 0.526. The summed E-state index contributed by atoms with van der Waals surface area (Å²) >= 11 is 3.33. The number of halogens is 1. The fourth-order valence-electron chi connectivity index (χ4n) is 5.45. The number of aromatic nitrogens is 1. The van der Waals surface area contributed by atoms with Crippen LogP contribution in [0.25, 0.3) is 10.9 Å². The first-order chi connectivity index (χ1) is 25.4. The van der Waals surface area contributed by atoms with E-state index in [2.05, 4.69) is 56.7 Å².